The molecule has 0 bridgehead atoms. The van der Waals surface area contributed by atoms with Crippen LogP contribution in [0.5, 0.6) is 0 Å². The highest BCUT2D eigenvalue weighted by molar-refractivity contribution is 6.31. The smallest absolute Gasteiger partial charge is 0.0970 e. The number of aliphatic hydroxyl groups excluding tert-OH is 1. The van der Waals surface area contributed by atoms with Gasteiger partial charge in [0.25, 0.3) is 0 Å². The maximum atomic E-state index is 10.8. The predicted molar refractivity (Wildman–Crippen MR) is 103 cm³/mol. The molecule has 5 rings (SSSR count). The summed E-state index contributed by atoms with van der Waals surface area (Å²) in [6.07, 6.45) is 6.43. The molecule has 0 saturated carbocycles. The minimum atomic E-state index is -0.546. The van der Waals surface area contributed by atoms with E-state index in [1.54, 1.807) is 12.4 Å². The fraction of sp³-hybridized carbons (Fsp3) is 0.381. The zero-order valence-corrected chi connectivity index (χ0v) is 15.4. The summed E-state index contributed by atoms with van der Waals surface area (Å²) in [5, 5.41) is 12.8. The number of pyridine rings is 1. The maximum Gasteiger partial charge on any atom is 0.0970 e. The lowest BCUT2D eigenvalue weighted by Crippen LogP contribution is -2.31. The average Bonchev–Trinajstić information content (AvgIpc) is 3.25. The lowest BCUT2D eigenvalue weighted by atomic mass is 9.96. The number of hydrogen-bond acceptors (Lipinski definition) is 3. The molecule has 134 valence electrons. The second kappa shape index (κ2) is 6.38. The van der Waals surface area contributed by atoms with Gasteiger partial charge in [0.2, 0.25) is 0 Å². The number of benzene rings is 1. The molecule has 0 aliphatic carbocycles. The summed E-state index contributed by atoms with van der Waals surface area (Å²) in [7, 11) is 0. The van der Waals surface area contributed by atoms with Crippen molar-refractivity contribution >= 4 is 22.5 Å². The van der Waals surface area contributed by atoms with Gasteiger partial charge in [0.1, 0.15) is 0 Å². The minimum Gasteiger partial charge on any atom is -0.387 e. The number of nitrogens with zero attached hydrogens (tertiary/aromatic N) is 3. The van der Waals surface area contributed by atoms with E-state index in [2.05, 4.69) is 26.6 Å². The number of fused-ring (bicyclic) bond motifs is 5. The van der Waals surface area contributed by atoms with Crippen LogP contribution in [0.25, 0.3) is 10.9 Å². The number of aromatic nitrogens is 2. The molecule has 4 nitrogen and oxygen atoms in total. The van der Waals surface area contributed by atoms with Crippen molar-refractivity contribution in [3.05, 3.63) is 64.6 Å². The molecule has 2 atom stereocenters. The Morgan fingerprint density at radius 3 is 2.88 bits per heavy atom. The maximum absolute atomic E-state index is 10.8. The molecule has 1 aromatic carbocycles. The van der Waals surface area contributed by atoms with Crippen molar-refractivity contribution in [3.63, 3.8) is 0 Å². The lowest BCUT2D eigenvalue weighted by molar-refractivity contribution is 0.155. The number of aliphatic hydroxyl groups is 1. The van der Waals surface area contributed by atoms with Gasteiger partial charge in [0, 0.05) is 53.0 Å². The van der Waals surface area contributed by atoms with Crippen LogP contribution in [0.1, 0.15) is 41.8 Å². The van der Waals surface area contributed by atoms with E-state index in [1.807, 2.05) is 18.2 Å². The highest BCUT2D eigenvalue weighted by atomic mass is 35.5. The summed E-state index contributed by atoms with van der Waals surface area (Å²) in [5.74, 6) is 0. The van der Waals surface area contributed by atoms with Crippen molar-refractivity contribution in [2.75, 3.05) is 13.1 Å². The second-order valence-corrected chi connectivity index (χ2v) is 7.81. The van der Waals surface area contributed by atoms with Gasteiger partial charge in [-0.1, -0.05) is 11.6 Å². The molecule has 26 heavy (non-hydrogen) atoms. The first-order chi connectivity index (χ1) is 12.7. The summed E-state index contributed by atoms with van der Waals surface area (Å²) in [4.78, 5) is 6.66. The van der Waals surface area contributed by atoms with Crippen molar-refractivity contribution in [2.24, 2.45) is 0 Å². The van der Waals surface area contributed by atoms with Crippen LogP contribution >= 0.6 is 11.6 Å². The molecule has 1 saturated heterocycles. The summed E-state index contributed by atoms with van der Waals surface area (Å²) in [6, 6.07) is 10.4. The van der Waals surface area contributed by atoms with Gasteiger partial charge in [-0.05, 0) is 60.8 Å². The fourth-order valence-electron chi connectivity index (χ4n) is 4.79. The van der Waals surface area contributed by atoms with Crippen molar-refractivity contribution in [1.82, 2.24) is 14.5 Å². The Morgan fingerprint density at radius 1 is 1.19 bits per heavy atom. The molecule has 2 aromatic heterocycles. The number of hydrogen-bond donors (Lipinski definition) is 1. The summed E-state index contributed by atoms with van der Waals surface area (Å²) in [6.45, 7) is 2.86. The van der Waals surface area contributed by atoms with E-state index >= 15 is 0 Å². The van der Waals surface area contributed by atoms with Gasteiger partial charge in [0.15, 0.2) is 0 Å². The van der Waals surface area contributed by atoms with E-state index < -0.39 is 6.10 Å². The molecule has 5 heteroatoms. The SMILES string of the molecule is OC(Cn1c2c(c3cc(Cl)ccc31)[C@H]1CCCN1CC2)c1ccncc1. The van der Waals surface area contributed by atoms with Crippen molar-refractivity contribution in [3.8, 4) is 0 Å². The van der Waals surface area contributed by atoms with Gasteiger partial charge >= 0.3 is 0 Å². The largest absolute Gasteiger partial charge is 0.387 e. The predicted octanol–water partition coefficient (Wildman–Crippen LogP) is 4.12. The number of rotatable bonds is 3. The Hall–Kier alpha value is -1.88. The molecule has 0 amide bonds. The van der Waals surface area contributed by atoms with Gasteiger partial charge in [-0.25, -0.2) is 0 Å². The van der Waals surface area contributed by atoms with Crippen molar-refractivity contribution in [2.45, 2.75) is 38.0 Å². The molecule has 1 fully saturated rings. The third-order valence-corrected chi connectivity index (χ3v) is 6.19. The molecule has 3 aromatic rings. The highest BCUT2D eigenvalue weighted by Crippen LogP contribution is 2.43. The number of halogens is 1. The molecule has 2 aliphatic heterocycles. The Morgan fingerprint density at radius 2 is 2.04 bits per heavy atom. The van der Waals surface area contributed by atoms with Crippen LogP contribution in [-0.4, -0.2) is 32.6 Å². The van der Waals surface area contributed by atoms with Gasteiger partial charge in [0.05, 0.1) is 12.6 Å². The molecular formula is C21H22ClN3O. The first kappa shape index (κ1) is 16.3. The van der Waals surface area contributed by atoms with Crippen molar-refractivity contribution < 1.29 is 5.11 Å². The lowest BCUT2D eigenvalue weighted by Gasteiger charge is -2.31. The molecule has 1 N–H and O–H groups in total. The van der Waals surface area contributed by atoms with Crippen LogP contribution in [0.2, 0.25) is 5.02 Å². The minimum absolute atomic E-state index is 0.499. The molecule has 1 unspecified atom stereocenters. The van der Waals surface area contributed by atoms with Gasteiger partial charge in [-0.3, -0.25) is 9.88 Å². The van der Waals surface area contributed by atoms with E-state index in [-0.39, 0.29) is 0 Å². The summed E-state index contributed by atoms with van der Waals surface area (Å²) >= 11 is 6.34. The van der Waals surface area contributed by atoms with Crippen LogP contribution < -0.4 is 0 Å². The van der Waals surface area contributed by atoms with Crippen LogP contribution in [-0.2, 0) is 13.0 Å². The molecular weight excluding hydrogens is 346 g/mol. The van der Waals surface area contributed by atoms with E-state index in [1.165, 1.54) is 41.5 Å². The van der Waals surface area contributed by atoms with Gasteiger partial charge < -0.3 is 9.67 Å². The Labute approximate surface area is 158 Å². The van der Waals surface area contributed by atoms with E-state index in [9.17, 15) is 5.11 Å². The fourth-order valence-corrected chi connectivity index (χ4v) is 4.96. The first-order valence-electron chi connectivity index (χ1n) is 9.35. The Bertz CT molecular complexity index is 953. The van der Waals surface area contributed by atoms with E-state index in [0.29, 0.717) is 12.6 Å². The second-order valence-electron chi connectivity index (χ2n) is 7.37. The third kappa shape index (κ3) is 2.56. The molecule has 0 radical (unpaired) electrons. The first-order valence-corrected chi connectivity index (χ1v) is 9.73. The van der Waals surface area contributed by atoms with Crippen LogP contribution in [0.3, 0.4) is 0 Å². The van der Waals surface area contributed by atoms with Crippen LogP contribution in [0.15, 0.2) is 42.7 Å². The molecule has 2 aliphatic rings. The molecule has 4 heterocycles. The summed E-state index contributed by atoms with van der Waals surface area (Å²) < 4.78 is 2.32. The van der Waals surface area contributed by atoms with E-state index in [4.69, 9.17) is 11.6 Å². The normalized spacial score (nSPS) is 20.9. The quantitative estimate of drug-likeness (QED) is 0.757. The zero-order chi connectivity index (χ0) is 17.7. The van der Waals surface area contributed by atoms with E-state index in [0.717, 1.165) is 23.6 Å². The average molecular weight is 368 g/mol. The summed E-state index contributed by atoms with van der Waals surface area (Å²) in [5.41, 5.74) is 4.90. The Balaban J connectivity index is 1.64. The monoisotopic (exact) mass is 367 g/mol. The zero-order valence-electron chi connectivity index (χ0n) is 14.6. The Kier molecular flexibility index (Phi) is 4.00. The topological polar surface area (TPSA) is 41.3 Å². The highest BCUT2D eigenvalue weighted by Gasteiger charge is 2.35. The van der Waals surface area contributed by atoms with Crippen molar-refractivity contribution in [1.29, 1.82) is 0 Å². The standard InChI is InChI=1S/C21H22ClN3O/c22-15-3-4-17-16(12-15)21-18-2-1-10-24(18)11-7-19(21)25(17)13-20(26)14-5-8-23-9-6-14/h3-6,8-9,12,18,20,26H,1-2,7,10-11,13H2/t18-,20?/m1/s1. The van der Waals surface area contributed by atoms with Gasteiger partial charge in [-0.15, -0.1) is 0 Å². The molecule has 0 spiro atoms. The van der Waals surface area contributed by atoms with Crippen LogP contribution in [0.4, 0.5) is 0 Å². The van der Waals surface area contributed by atoms with Crippen LogP contribution in [0, 0.1) is 0 Å². The van der Waals surface area contributed by atoms with Gasteiger partial charge in [-0.2, -0.15) is 0 Å². The third-order valence-electron chi connectivity index (χ3n) is 5.96.